The highest BCUT2D eigenvalue weighted by Gasteiger charge is 2.34. The Morgan fingerprint density at radius 2 is 1.70 bits per heavy atom. The van der Waals surface area contributed by atoms with E-state index in [1.165, 1.54) is 12.0 Å². The van der Waals surface area contributed by atoms with E-state index in [0.29, 0.717) is 12.1 Å². The largest absolute Gasteiger partial charge is 0.446 e. The Labute approximate surface area is 236 Å². The molecule has 0 saturated heterocycles. The van der Waals surface area contributed by atoms with Gasteiger partial charge in [0.25, 0.3) is 0 Å². The number of hydrogen-bond acceptors (Lipinski definition) is 5. The highest BCUT2D eigenvalue weighted by molar-refractivity contribution is 5.93. The fourth-order valence-electron chi connectivity index (χ4n) is 5.76. The van der Waals surface area contributed by atoms with Crippen LogP contribution in [0.3, 0.4) is 0 Å². The van der Waals surface area contributed by atoms with Crippen LogP contribution in [0.15, 0.2) is 66.9 Å². The summed E-state index contributed by atoms with van der Waals surface area (Å²) in [5.74, 6) is 0.252. The molecular weight excluding hydrogens is 500 g/mol. The lowest BCUT2D eigenvalue weighted by molar-refractivity contribution is -0.117. The average Bonchev–Trinajstić information content (AvgIpc) is 2.93. The van der Waals surface area contributed by atoms with Crippen molar-refractivity contribution in [3.63, 3.8) is 0 Å². The molecule has 4 N–H and O–H groups in total. The number of nitrogens with zero attached hydrogens (tertiary/aromatic N) is 1. The van der Waals surface area contributed by atoms with E-state index in [0.717, 1.165) is 60.9 Å². The minimum Gasteiger partial charge on any atom is -0.446 e. The fourth-order valence-corrected chi connectivity index (χ4v) is 5.76. The molecule has 40 heavy (non-hydrogen) atoms. The van der Waals surface area contributed by atoms with Gasteiger partial charge in [0.2, 0.25) is 5.91 Å². The second-order valence-electron chi connectivity index (χ2n) is 11.7. The first-order valence-electron chi connectivity index (χ1n) is 14.5. The second kappa shape index (κ2) is 12.2. The lowest BCUT2D eigenvalue weighted by atomic mass is 9.72. The number of amides is 2. The fraction of sp³-hybridized carbons (Fsp3) is 0.424. The molecule has 0 spiro atoms. The van der Waals surface area contributed by atoms with Crippen LogP contribution >= 0.6 is 0 Å². The van der Waals surface area contributed by atoms with Crippen molar-refractivity contribution in [2.24, 2.45) is 11.7 Å². The normalized spacial score (nSPS) is 19.9. The van der Waals surface area contributed by atoms with Gasteiger partial charge in [-0.1, -0.05) is 54.6 Å². The quantitative estimate of drug-likeness (QED) is 0.292. The van der Waals surface area contributed by atoms with Gasteiger partial charge in [0.1, 0.15) is 6.10 Å². The molecule has 0 atom stereocenters. The standard InChI is InChI=1S/C33H40N4O3/c1-22(2)36-32(39)40-28-15-9-23(10-16-28)19-30(38)37-27-20-29(24-7-4-3-5-8-24)31(35-21-27)25-11-13-26(14-12-25)33(34)17-6-18-33/h3-5,7-8,11-14,20-23,28H,6,9-10,15-19,34H2,1-2H3,(H,36,39)(H,37,38)/t23-,28-. The summed E-state index contributed by atoms with van der Waals surface area (Å²) in [7, 11) is 0. The van der Waals surface area contributed by atoms with Crippen molar-refractivity contribution in [1.29, 1.82) is 0 Å². The van der Waals surface area contributed by atoms with E-state index in [1.807, 2.05) is 38.1 Å². The third-order valence-electron chi connectivity index (χ3n) is 8.18. The molecule has 2 fully saturated rings. The maximum absolute atomic E-state index is 13.0. The minimum absolute atomic E-state index is 0.0198. The Morgan fingerprint density at radius 3 is 2.33 bits per heavy atom. The summed E-state index contributed by atoms with van der Waals surface area (Å²) in [4.78, 5) is 29.7. The zero-order valence-electron chi connectivity index (χ0n) is 23.5. The van der Waals surface area contributed by atoms with Crippen LogP contribution in [0.5, 0.6) is 0 Å². The van der Waals surface area contributed by atoms with Gasteiger partial charge in [-0.05, 0) is 81.9 Å². The highest BCUT2D eigenvalue weighted by atomic mass is 16.6. The van der Waals surface area contributed by atoms with Crippen LogP contribution in [0.1, 0.15) is 70.8 Å². The summed E-state index contributed by atoms with van der Waals surface area (Å²) in [6.07, 6.45) is 8.25. The SMILES string of the molecule is CC(C)NC(=O)O[C@H]1CC[C@H](CC(=O)Nc2cnc(-c3ccc(C4(N)CCC4)cc3)c(-c3ccccc3)c2)CC1. The molecule has 5 rings (SSSR count). The third kappa shape index (κ3) is 6.70. The number of carbonyl (C=O) groups is 2. The van der Waals surface area contributed by atoms with Crippen LogP contribution in [0, 0.1) is 5.92 Å². The predicted octanol–water partition coefficient (Wildman–Crippen LogP) is 6.78. The van der Waals surface area contributed by atoms with E-state index >= 15 is 0 Å². The maximum atomic E-state index is 13.0. The Morgan fingerprint density at radius 1 is 1.00 bits per heavy atom. The number of carbonyl (C=O) groups excluding carboxylic acids is 2. The monoisotopic (exact) mass is 540 g/mol. The van der Waals surface area contributed by atoms with Crippen molar-refractivity contribution in [1.82, 2.24) is 10.3 Å². The Hall–Kier alpha value is -3.71. The number of hydrogen-bond donors (Lipinski definition) is 3. The predicted molar refractivity (Wildman–Crippen MR) is 159 cm³/mol. The van der Waals surface area contributed by atoms with E-state index in [2.05, 4.69) is 47.0 Å². The zero-order valence-corrected chi connectivity index (χ0v) is 23.5. The van der Waals surface area contributed by atoms with Crippen molar-refractivity contribution in [2.75, 3.05) is 5.32 Å². The molecule has 7 nitrogen and oxygen atoms in total. The van der Waals surface area contributed by atoms with Crippen LogP contribution < -0.4 is 16.4 Å². The van der Waals surface area contributed by atoms with Crippen molar-refractivity contribution in [2.45, 2.75) is 82.9 Å². The van der Waals surface area contributed by atoms with E-state index in [4.69, 9.17) is 15.5 Å². The average molecular weight is 541 g/mol. The number of aromatic nitrogens is 1. The molecule has 1 heterocycles. The lowest BCUT2D eigenvalue weighted by Crippen LogP contribution is -2.43. The van der Waals surface area contributed by atoms with Gasteiger partial charge in [-0.2, -0.15) is 0 Å². The number of anilines is 1. The van der Waals surface area contributed by atoms with Gasteiger partial charge in [-0.3, -0.25) is 9.78 Å². The third-order valence-corrected chi connectivity index (χ3v) is 8.18. The number of ether oxygens (including phenoxy) is 1. The Bertz CT molecular complexity index is 1310. The number of nitrogens with one attached hydrogen (secondary N) is 2. The molecule has 0 unspecified atom stereocenters. The number of alkyl carbamates (subject to hydrolysis) is 1. The maximum Gasteiger partial charge on any atom is 0.407 e. The number of benzene rings is 2. The number of nitrogens with two attached hydrogens (primary N) is 1. The van der Waals surface area contributed by atoms with Gasteiger partial charge >= 0.3 is 6.09 Å². The van der Waals surface area contributed by atoms with Gasteiger partial charge in [0, 0.05) is 29.1 Å². The molecule has 3 aromatic rings. The summed E-state index contributed by atoms with van der Waals surface area (Å²) in [5.41, 5.74) is 12.1. The minimum atomic E-state index is -0.362. The lowest BCUT2D eigenvalue weighted by Gasteiger charge is -2.38. The first kappa shape index (κ1) is 27.8. The summed E-state index contributed by atoms with van der Waals surface area (Å²) in [6.45, 7) is 3.82. The molecule has 0 bridgehead atoms. The van der Waals surface area contributed by atoms with E-state index in [9.17, 15) is 9.59 Å². The molecule has 0 aliphatic heterocycles. The van der Waals surface area contributed by atoms with Gasteiger partial charge in [0.05, 0.1) is 17.6 Å². The van der Waals surface area contributed by atoms with Crippen LogP contribution in [0.25, 0.3) is 22.4 Å². The van der Waals surface area contributed by atoms with E-state index in [-0.39, 0.29) is 35.6 Å². The summed E-state index contributed by atoms with van der Waals surface area (Å²) in [5, 5.41) is 5.84. The zero-order chi connectivity index (χ0) is 28.1. The molecule has 7 heteroatoms. The van der Waals surface area contributed by atoms with Crippen LogP contribution in [-0.4, -0.2) is 29.1 Å². The van der Waals surface area contributed by atoms with Crippen molar-refractivity contribution >= 4 is 17.7 Å². The Kier molecular flexibility index (Phi) is 8.50. The molecule has 2 aliphatic rings. The van der Waals surface area contributed by atoms with Crippen LogP contribution in [0.4, 0.5) is 10.5 Å². The second-order valence-corrected chi connectivity index (χ2v) is 11.7. The van der Waals surface area contributed by atoms with Crippen molar-refractivity contribution in [3.8, 4) is 22.4 Å². The van der Waals surface area contributed by atoms with E-state index < -0.39 is 0 Å². The molecule has 2 aliphatic carbocycles. The van der Waals surface area contributed by atoms with Crippen LogP contribution in [0.2, 0.25) is 0 Å². The summed E-state index contributed by atoms with van der Waals surface area (Å²) < 4.78 is 5.52. The van der Waals surface area contributed by atoms with E-state index in [1.54, 1.807) is 6.20 Å². The molecule has 210 valence electrons. The molecule has 1 aromatic heterocycles. The topological polar surface area (TPSA) is 106 Å². The smallest absolute Gasteiger partial charge is 0.407 e. The van der Waals surface area contributed by atoms with Gasteiger partial charge < -0.3 is 21.1 Å². The molecule has 0 radical (unpaired) electrons. The number of pyridine rings is 1. The Balaban J connectivity index is 1.24. The molecule has 2 saturated carbocycles. The van der Waals surface area contributed by atoms with Crippen molar-refractivity contribution in [3.05, 3.63) is 72.4 Å². The van der Waals surface area contributed by atoms with Crippen molar-refractivity contribution < 1.29 is 14.3 Å². The van der Waals surface area contributed by atoms with Gasteiger partial charge in [-0.15, -0.1) is 0 Å². The molecule has 2 amide bonds. The molecule has 2 aromatic carbocycles. The number of rotatable bonds is 8. The summed E-state index contributed by atoms with van der Waals surface area (Å²) >= 11 is 0. The first-order chi connectivity index (χ1) is 19.3. The van der Waals surface area contributed by atoms with Gasteiger partial charge in [0.15, 0.2) is 0 Å². The first-order valence-corrected chi connectivity index (χ1v) is 14.5. The molecular formula is C33H40N4O3. The van der Waals surface area contributed by atoms with Crippen LogP contribution in [-0.2, 0) is 15.1 Å². The van der Waals surface area contributed by atoms with Gasteiger partial charge in [-0.25, -0.2) is 4.79 Å². The summed E-state index contributed by atoms with van der Waals surface area (Å²) in [6, 6.07) is 20.6. The highest BCUT2D eigenvalue weighted by Crippen LogP contribution is 2.40.